The lowest BCUT2D eigenvalue weighted by atomic mass is 9.99. The van der Waals surface area contributed by atoms with Gasteiger partial charge in [0.15, 0.2) is 17.6 Å². The van der Waals surface area contributed by atoms with E-state index in [1.165, 1.54) is 24.3 Å². The van der Waals surface area contributed by atoms with Crippen LogP contribution in [0.2, 0.25) is 0 Å². The molecule has 0 aliphatic carbocycles. The minimum Gasteiger partial charge on any atom is -0.504 e. The SMILES string of the molecule is CCCCCOc1c(C)ccc2cc(C(=O)NCc3ccc(OC4O[C@@H](C(=O)O)[C@H](O)[C@@H](O)[C@H]4O)c(O)c3)c(=O)[nH]c12. The van der Waals surface area contributed by atoms with Crippen LogP contribution in [0.3, 0.4) is 0 Å². The van der Waals surface area contributed by atoms with Crippen LogP contribution in [0.1, 0.15) is 47.7 Å². The van der Waals surface area contributed by atoms with Gasteiger partial charge in [0.25, 0.3) is 11.5 Å². The van der Waals surface area contributed by atoms with E-state index >= 15 is 0 Å². The summed E-state index contributed by atoms with van der Waals surface area (Å²) in [5.74, 6) is -2.30. The van der Waals surface area contributed by atoms with E-state index in [2.05, 4.69) is 17.2 Å². The van der Waals surface area contributed by atoms with E-state index in [1.807, 2.05) is 13.0 Å². The number of rotatable bonds is 11. The number of carbonyl (C=O) groups excluding carboxylic acids is 1. The predicted molar refractivity (Wildman–Crippen MR) is 149 cm³/mol. The van der Waals surface area contributed by atoms with Crippen molar-refractivity contribution in [2.75, 3.05) is 6.61 Å². The molecule has 0 bridgehead atoms. The zero-order valence-electron chi connectivity index (χ0n) is 23.1. The molecule has 1 unspecified atom stereocenters. The molecule has 226 valence electrons. The number of hydrogen-bond acceptors (Lipinski definition) is 10. The highest BCUT2D eigenvalue weighted by Gasteiger charge is 2.48. The van der Waals surface area contributed by atoms with Crippen LogP contribution in [-0.2, 0) is 16.1 Å². The Morgan fingerprint density at radius 1 is 1.05 bits per heavy atom. The number of aliphatic carboxylic acids is 1. The fraction of sp³-hybridized carbons (Fsp3) is 0.414. The number of aliphatic hydroxyl groups excluding tert-OH is 3. The van der Waals surface area contributed by atoms with Crippen molar-refractivity contribution >= 4 is 22.8 Å². The summed E-state index contributed by atoms with van der Waals surface area (Å²) in [5, 5.41) is 52.7. The van der Waals surface area contributed by atoms with E-state index in [1.54, 1.807) is 6.07 Å². The Bertz CT molecular complexity index is 1500. The first kappa shape index (κ1) is 30.8. The van der Waals surface area contributed by atoms with Gasteiger partial charge in [0.2, 0.25) is 6.29 Å². The summed E-state index contributed by atoms with van der Waals surface area (Å²) in [6.07, 6.45) is -6.16. The molecule has 7 N–H and O–H groups in total. The van der Waals surface area contributed by atoms with Crippen LogP contribution in [0.25, 0.3) is 10.9 Å². The van der Waals surface area contributed by atoms with Gasteiger partial charge in [-0.15, -0.1) is 0 Å². The Balaban J connectivity index is 1.43. The van der Waals surface area contributed by atoms with Gasteiger partial charge in [-0.05, 0) is 42.7 Å². The maximum absolute atomic E-state index is 12.9. The van der Waals surface area contributed by atoms with Crippen LogP contribution in [-0.4, -0.2) is 79.7 Å². The number of aromatic hydroxyl groups is 1. The quantitative estimate of drug-likeness (QED) is 0.159. The lowest BCUT2D eigenvalue weighted by molar-refractivity contribution is -0.271. The lowest BCUT2D eigenvalue weighted by Crippen LogP contribution is -2.61. The second kappa shape index (κ2) is 13.2. The number of phenolic OH excluding ortho intramolecular Hbond substituents is 1. The van der Waals surface area contributed by atoms with Crippen molar-refractivity contribution in [3.63, 3.8) is 0 Å². The highest BCUT2D eigenvalue weighted by molar-refractivity contribution is 5.98. The zero-order valence-corrected chi connectivity index (χ0v) is 23.1. The Kier molecular flexibility index (Phi) is 9.68. The minimum absolute atomic E-state index is 0.0710. The van der Waals surface area contributed by atoms with Gasteiger partial charge in [-0.1, -0.05) is 38.0 Å². The predicted octanol–water partition coefficient (Wildman–Crippen LogP) is 1.31. The molecule has 13 heteroatoms. The van der Waals surface area contributed by atoms with Gasteiger partial charge in [0.05, 0.1) is 12.1 Å². The molecule has 1 amide bonds. The molecule has 1 aromatic heterocycles. The van der Waals surface area contributed by atoms with Crippen molar-refractivity contribution < 1.29 is 49.3 Å². The van der Waals surface area contributed by atoms with Crippen LogP contribution >= 0.6 is 0 Å². The maximum atomic E-state index is 12.9. The van der Waals surface area contributed by atoms with E-state index in [0.717, 1.165) is 24.8 Å². The number of aromatic nitrogens is 1. The van der Waals surface area contributed by atoms with E-state index in [9.17, 15) is 34.8 Å². The third-order valence-corrected chi connectivity index (χ3v) is 6.94. The standard InChI is InChI=1S/C29H34N2O11/c1-3-4-5-10-40-24-14(2)6-8-16-12-17(27(37)31-20(16)24)26(36)30-13-15-7-9-19(18(32)11-15)41-29-23(35)21(33)22(34)25(42-29)28(38)39/h6-9,11-12,21-23,25,29,32-35H,3-5,10,13H2,1-2H3,(H,30,36)(H,31,37)(H,38,39)/t21-,22-,23-,25-,29?/m1/s1. The van der Waals surface area contributed by atoms with Crippen LogP contribution in [0.4, 0.5) is 0 Å². The smallest absolute Gasteiger partial charge is 0.335 e. The van der Waals surface area contributed by atoms with E-state index in [4.69, 9.17) is 19.3 Å². The summed E-state index contributed by atoms with van der Waals surface area (Å²) in [5.41, 5.74) is 1.10. The van der Waals surface area contributed by atoms with Crippen molar-refractivity contribution in [3.05, 3.63) is 63.4 Å². The fourth-order valence-electron chi connectivity index (χ4n) is 4.56. The fourth-order valence-corrected chi connectivity index (χ4v) is 4.56. The Labute approximate surface area is 240 Å². The molecule has 0 saturated carbocycles. The number of aryl methyl sites for hydroxylation is 1. The Hall–Kier alpha value is -4.17. The number of nitrogens with one attached hydrogen (secondary N) is 2. The summed E-state index contributed by atoms with van der Waals surface area (Å²) in [7, 11) is 0. The van der Waals surface area contributed by atoms with E-state index in [-0.39, 0.29) is 17.9 Å². The molecular weight excluding hydrogens is 552 g/mol. The molecule has 3 aromatic rings. The lowest BCUT2D eigenvalue weighted by Gasteiger charge is -2.38. The molecule has 0 spiro atoms. The third-order valence-electron chi connectivity index (χ3n) is 6.94. The van der Waals surface area contributed by atoms with Crippen molar-refractivity contribution in [2.24, 2.45) is 0 Å². The van der Waals surface area contributed by atoms with Crippen LogP contribution < -0.4 is 20.3 Å². The number of benzene rings is 2. The molecular formula is C29H34N2O11. The molecule has 2 heterocycles. The van der Waals surface area contributed by atoms with E-state index in [0.29, 0.717) is 28.8 Å². The molecule has 1 saturated heterocycles. The summed E-state index contributed by atoms with van der Waals surface area (Å²) in [4.78, 5) is 39.7. The van der Waals surface area contributed by atoms with Crippen LogP contribution in [0.5, 0.6) is 17.2 Å². The van der Waals surface area contributed by atoms with Gasteiger partial charge >= 0.3 is 5.97 Å². The largest absolute Gasteiger partial charge is 0.504 e. The van der Waals surface area contributed by atoms with E-state index < -0.39 is 53.9 Å². The highest BCUT2D eigenvalue weighted by Crippen LogP contribution is 2.32. The number of ether oxygens (including phenoxy) is 3. The number of amides is 1. The average Bonchev–Trinajstić information content (AvgIpc) is 2.95. The van der Waals surface area contributed by atoms with Gasteiger partial charge in [0, 0.05) is 11.9 Å². The topological polar surface area (TPSA) is 208 Å². The molecule has 4 rings (SSSR count). The molecule has 0 radical (unpaired) electrons. The number of fused-ring (bicyclic) bond motifs is 1. The van der Waals surface area contributed by atoms with Crippen molar-refractivity contribution in [3.8, 4) is 17.2 Å². The molecule has 5 atom stereocenters. The van der Waals surface area contributed by atoms with Crippen molar-refractivity contribution in [1.82, 2.24) is 10.3 Å². The van der Waals surface area contributed by atoms with Gasteiger partial charge in [-0.25, -0.2) is 4.79 Å². The second-order valence-corrected chi connectivity index (χ2v) is 10.1. The summed E-state index contributed by atoms with van der Waals surface area (Å²) in [6.45, 7) is 4.41. The molecule has 13 nitrogen and oxygen atoms in total. The summed E-state index contributed by atoms with van der Waals surface area (Å²) < 4.78 is 16.4. The third kappa shape index (κ3) is 6.65. The molecule has 1 aliphatic heterocycles. The number of aliphatic hydroxyl groups is 3. The van der Waals surface area contributed by atoms with Crippen molar-refractivity contribution in [1.29, 1.82) is 0 Å². The number of carboxylic acid groups (broad SMARTS) is 1. The molecule has 2 aromatic carbocycles. The number of aromatic amines is 1. The first-order valence-electron chi connectivity index (χ1n) is 13.5. The maximum Gasteiger partial charge on any atom is 0.335 e. The minimum atomic E-state index is -1.89. The molecule has 1 aliphatic rings. The normalized spacial score (nSPS) is 22.1. The summed E-state index contributed by atoms with van der Waals surface area (Å²) in [6, 6.07) is 9.14. The Morgan fingerprint density at radius 3 is 2.50 bits per heavy atom. The first-order chi connectivity index (χ1) is 20.0. The number of carboxylic acids is 1. The van der Waals surface area contributed by atoms with Gasteiger partial charge < -0.3 is 50.0 Å². The van der Waals surface area contributed by atoms with Gasteiger partial charge in [-0.2, -0.15) is 0 Å². The number of carbonyl (C=O) groups is 2. The number of hydrogen-bond donors (Lipinski definition) is 7. The average molecular weight is 587 g/mol. The van der Waals surface area contributed by atoms with Gasteiger partial charge in [-0.3, -0.25) is 9.59 Å². The zero-order chi connectivity index (χ0) is 30.6. The second-order valence-electron chi connectivity index (χ2n) is 10.1. The van der Waals surface area contributed by atoms with Crippen LogP contribution in [0, 0.1) is 6.92 Å². The van der Waals surface area contributed by atoms with Crippen molar-refractivity contribution in [2.45, 2.75) is 70.4 Å². The number of H-pyrrole nitrogens is 1. The monoisotopic (exact) mass is 586 g/mol. The highest BCUT2D eigenvalue weighted by atomic mass is 16.7. The number of phenols is 1. The summed E-state index contributed by atoms with van der Waals surface area (Å²) >= 11 is 0. The Morgan fingerprint density at radius 2 is 1.81 bits per heavy atom. The molecule has 42 heavy (non-hydrogen) atoms. The first-order valence-corrected chi connectivity index (χ1v) is 13.5. The number of pyridine rings is 1. The van der Waals surface area contributed by atoms with Crippen LogP contribution in [0.15, 0.2) is 41.2 Å². The number of unbranched alkanes of at least 4 members (excludes halogenated alkanes) is 2. The van der Waals surface area contributed by atoms with Gasteiger partial charge in [0.1, 0.15) is 29.6 Å². The molecule has 1 fully saturated rings.